The van der Waals surface area contributed by atoms with E-state index in [0.717, 1.165) is 6.07 Å². The molecule has 0 spiro atoms. The van der Waals surface area contributed by atoms with Crippen molar-refractivity contribution in [1.82, 2.24) is 15.5 Å². The minimum atomic E-state index is -0.768. The van der Waals surface area contributed by atoms with Crippen LogP contribution in [0.15, 0.2) is 22.7 Å². The molecule has 0 saturated heterocycles. The molecule has 1 unspecified atom stereocenters. The lowest BCUT2D eigenvalue weighted by Gasteiger charge is -2.04. The van der Waals surface area contributed by atoms with Crippen molar-refractivity contribution in [2.75, 3.05) is 7.05 Å². The summed E-state index contributed by atoms with van der Waals surface area (Å²) >= 11 is 0. The summed E-state index contributed by atoms with van der Waals surface area (Å²) in [6, 6.07) is 3.43. The fourth-order valence-corrected chi connectivity index (χ4v) is 1.61. The van der Waals surface area contributed by atoms with E-state index in [4.69, 9.17) is 4.52 Å². The number of non-ortho nitro benzene ring substituents is 1. The first-order valence-corrected chi connectivity index (χ1v) is 5.95. The molecular weight excluding hydrogens is 303 g/mol. The van der Waals surface area contributed by atoms with Gasteiger partial charge in [0.25, 0.3) is 11.6 Å². The zero-order valence-corrected chi connectivity index (χ0v) is 12.2. The van der Waals surface area contributed by atoms with E-state index in [1.165, 1.54) is 12.1 Å². The molecule has 2 rings (SSSR count). The van der Waals surface area contributed by atoms with Crippen molar-refractivity contribution in [2.45, 2.75) is 19.4 Å². The molecule has 0 fully saturated rings. The Morgan fingerprint density at radius 1 is 1.52 bits per heavy atom. The van der Waals surface area contributed by atoms with Crippen LogP contribution in [0.25, 0.3) is 11.5 Å². The van der Waals surface area contributed by atoms with Crippen molar-refractivity contribution in [3.63, 3.8) is 0 Å². The summed E-state index contributed by atoms with van der Waals surface area (Å²) in [6.07, 6.45) is 0.536. The van der Waals surface area contributed by atoms with E-state index in [0.29, 0.717) is 12.2 Å². The maximum Gasteiger partial charge on any atom is 0.272 e. The molecule has 114 valence electrons. The van der Waals surface area contributed by atoms with Crippen molar-refractivity contribution >= 4 is 18.1 Å². The van der Waals surface area contributed by atoms with Gasteiger partial charge in [-0.25, -0.2) is 4.39 Å². The summed E-state index contributed by atoms with van der Waals surface area (Å²) in [6.45, 7) is 1.95. The average Bonchev–Trinajstić information content (AvgIpc) is 2.86. The third kappa shape index (κ3) is 3.96. The Morgan fingerprint density at radius 2 is 2.24 bits per heavy atom. The fourth-order valence-electron chi connectivity index (χ4n) is 1.61. The van der Waals surface area contributed by atoms with E-state index in [-0.39, 0.29) is 35.6 Å². The number of nitro groups is 1. The van der Waals surface area contributed by atoms with Crippen LogP contribution in [0.1, 0.15) is 12.7 Å². The molecule has 0 bridgehead atoms. The van der Waals surface area contributed by atoms with Crippen LogP contribution in [0.4, 0.5) is 10.1 Å². The standard InChI is InChI=1S/C12H13FN4O3.ClH/c1-7(14-2)5-11-15-12(20-16-11)9-4-3-8(17(18)19)6-10(9)13;/h3-4,6-7,14H,5H2,1-2H3;1H. The summed E-state index contributed by atoms with van der Waals surface area (Å²) in [5.74, 6) is -0.314. The maximum absolute atomic E-state index is 13.8. The predicted molar refractivity (Wildman–Crippen MR) is 75.8 cm³/mol. The number of benzene rings is 1. The maximum atomic E-state index is 13.8. The van der Waals surface area contributed by atoms with Crippen molar-refractivity contribution in [2.24, 2.45) is 0 Å². The predicted octanol–water partition coefficient (Wildman–Crippen LogP) is 2.36. The van der Waals surface area contributed by atoms with Gasteiger partial charge in [-0.05, 0) is 20.0 Å². The third-order valence-electron chi connectivity index (χ3n) is 2.84. The Bertz CT molecular complexity index is 635. The van der Waals surface area contributed by atoms with Crippen LogP contribution in [0, 0.1) is 15.9 Å². The molecule has 7 nitrogen and oxygen atoms in total. The Labute approximate surface area is 126 Å². The average molecular weight is 317 g/mol. The highest BCUT2D eigenvalue weighted by atomic mass is 35.5. The van der Waals surface area contributed by atoms with Gasteiger partial charge in [0.1, 0.15) is 5.82 Å². The van der Waals surface area contributed by atoms with Crippen LogP contribution in [0.3, 0.4) is 0 Å². The topological polar surface area (TPSA) is 94.1 Å². The normalized spacial score (nSPS) is 11.8. The molecule has 1 N–H and O–H groups in total. The largest absolute Gasteiger partial charge is 0.334 e. The van der Waals surface area contributed by atoms with Crippen LogP contribution in [-0.2, 0) is 6.42 Å². The second-order valence-electron chi connectivity index (χ2n) is 4.33. The molecule has 0 aliphatic heterocycles. The molecular formula is C12H14ClFN4O3. The van der Waals surface area contributed by atoms with Crippen LogP contribution >= 0.6 is 12.4 Å². The third-order valence-corrected chi connectivity index (χ3v) is 2.84. The Kier molecular flexibility index (Phi) is 5.74. The van der Waals surface area contributed by atoms with Crippen LogP contribution in [-0.4, -0.2) is 28.2 Å². The highest BCUT2D eigenvalue weighted by molar-refractivity contribution is 5.85. The molecule has 0 radical (unpaired) electrons. The highest BCUT2D eigenvalue weighted by Gasteiger charge is 2.17. The van der Waals surface area contributed by atoms with Gasteiger partial charge in [0.05, 0.1) is 16.6 Å². The van der Waals surface area contributed by atoms with Gasteiger partial charge in [0.15, 0.2) is 5.82 Å². The molecule has 0 saturated carbocycles. The second kappa shape index (κ2) is 7.09. The molecule has 1 aromatic carbocycles. The van der Waals surface area contributed by atoms with E-state index >= 15 is 0 Å². The SMILES string of the molecule is CNC(C)Cc1noc(-c2ccc([N+](=O)[O-])cc2F)n1.Cl. The first kappa shape index (κ1) is 17.0. The fraction of sp³-hybridized carbons (Fsp3) is 0.333. The van der Waals surface area contributed by atoms with Gasteiger partial charge in [0.2, 0.25) is 0 Å². The van der Waals surface area contributed by atoms with E-state index in [1.807, 2.05) is 14.0 Å². The van der Waals surface area contributed by atoms with E-state index < -0.39 is 10.7 Å². The molecule has 21 heavy (non-hydrogen) atoms. The quantitative estimate of drug-likeness (QED) is 0.672. The summed E-state index contributed by atoms with van der Waals surface area (Å²) in [5.41, 5.74) is -0.277. The number of hydrogen-bond donors (Lipinski definition) is 1. The van der Waals surface area contributed by atoms with Crippen molar-refractivity contribution in [3.8, 4) is 11.5 Å². The number of nitro benzene ring substituents is 1. The summed E-state index contributed by atoms with van der Waals surface area (Å²) in [7, 11) is 1.81. The zero-order valence-electron chi connectivity index (χ0n) is 11.4. The van der Waals surface area contributed by atoms with Gasteiger partial charge in [-0.2, -0.15) is 4.98 Å². The van der Waals surface area contributed by atoms with Gasteiger partial charge in [-0.1, -0.05) is 5.16 Å². The van der Waals surface area contributed by atoms with E-state index in [1.54, 1.807) is 0 Å². The van der Waals surface area contributed by atoms with Crippen molar-refractivity contribution < 1.29 is 13.8 Å². The van der Waals surface area contributed by atoms with Gasteiger partial charge in [0, 0.05) is 18.5 Å². The monoisotopic (exact) mass is 316 g/mol. The van der Waals surface area contributed by atoms with Crippen molar-refractivity contribution in [1.29, 1.82) is 0 Å². The number of nitrogens with one attached hydrogen (secondary N) is 1. The number of nitrogens with zero attached hydrogens (tertiary/aromatic N) is 3. The summed E-state index contributed by atoms with van der Waals surface area (Å²) < 4.78 is 18.8. The number of hydrogen-bond acceptors (Lipinski definition) is 6. The molecule has 1 heterocycles. The lowest BCUT2D eigenvalue weighted by atomic mass is 10.2. The molecule has 2 aromatic rings. The number of halogens is 2. The molecule has 1 aromatic heterocycles. The minimum Gasteiger partial charge on any atom is -0.334 e. The van der Waals surface area contributed by atoms with Gasteiger partial charge in [-0.3, -0.25) is 10.1 Å². The van der Waals surface area contributed by atoms with Crippen molar-refractivity contribution in [3.05, 3.63) is 40.0 Å². The number of rotatable bonds is 5. The Hall–Kier alpha value is -2.06. The summed E-state index contributed by atoms with van der Waals surface area (Å²) in [5, 5.41) is 17.3. The second-order valence-corrected chi connectivity index (χ2v) is 4.33. The zero-order chi connectivity index (χ0) is 14.7. The molecule has 0 amide bonds. The molecule has 0 aliphatic rings. The molecule has 1 atom stereocenters. The van der Waals surface area contributed by atoms with Crippen LogP contribution in [0.2, 0.25) is 0 Å². The van der Waals surface area contributed by atoms with Gasteiger partial charge in [-0.15, -0.1) is 12.4 Å². The van der Waals surface area contributed by atoms with Gasteiger partial charge >= 0.3 is 0 Å². The molecule has 0 aliphatic carbocycles. The number of aromatic nitrogens is 2. The first-order chi connectivity index (χ1) is 9.51. The number of likely N-dealkylation sites (N-methyl/N-ethyl adjacent to an activating group) is 1. The lowest BCUT2D eigenvalue weighted by molar-refractivity contribution is -0.385. The smallest absolute Gasteiger partial charge is 0.272 e. The first-order valence-electron chi connectivity index (χ1n) is 5.95. The summed E-state index contributed by atoms with van der Waals surface area (Å²) in [4.78, 5) is 14.0. The minimum absolute atomic E-state index is 0. The highest BCUT2D eigenvalue weighted by Crippen LogP contribution is 2.25. The van der Waals surface area contributed by atoms with E-state index in [2.05, 4.69) is 15.5 Å². The van der Waals surface area contributed by atoms with E-state index in [9.17, 15) is 14.5 Å². The Morgan fingerprint density at radius 3 is 2.81 bits per heavy atom. The van der Waals surface area contributed by atoms with Crippen LogP contribution < -0.4 is 5.32 Å². The van der Waals surface area contributed by atoms with Gasteiger partial charge < -0.3 is 9.84 Å². The Balaban J connectivity index is 0.00000220. The van der Waals surface area contributed by atoms with Crippen LogP contribution in [0.5, 0.6) is 0 Å². The lowest BCUT2D eigenvalue weighted by Crippen LogP contribution is -2.24. The molecule has 9 heteroatoms.